The third-order valence-electron chi connectivity index (χ3n) is 5.46. The topological polar surface area (TPSA) is 59.2 Å². The van der Waals surface area contributed by atoms with E-state index in [1.165, 1.54) is 6.07 Å². The van der Waals surface area contributed by atoms with Gasteiger partial charge in [0.2, 0.25) is 0 Å². The zero-order chi connectivity index (χ0) is 19.8. The van der Waals surface area contributed by atoms with Crippen LogP contribution in [-0.2, 0) is 6.42 Å². The fourth-order valence-corrected chi connectivity index (χ4v) is 3.98. The summed E-state index contributed by atoms with van der Waals surface area (Å²) < 4.78 is 18.9. The second kappa shape index (κ2) is 7.34. The highest BCUT2D eigenvalue weighted by atomic mass is 19.1. The first-order valence-corrected chi connectivity index (χ1v) is 9.76. The van der Waals surface area contributed by atoms with E-state index in [0.717, 1.165) is 24.1 Å². The Bertz CT molecular complexity index is 1030. The van der Waals surface area contributed by atoms with E-state index < -0.39 is 0 Å². The highest BCUT2D eigenvalue weighted by Gasteiger charge is 2.32. The van der Waals surface area contributed by atoms with Crippen LogP contribution in [0.5, 0.6) is 0 Å². The fourth-order valence-electron chi connectivity index (χ4n) is 3.98. The van der Waals surface area contributed by atoms with Crippen molar-refractivity contribution in [3.8, 4) is 0 Å². The Balaban J connectivity index is 1.69. The summed E-state index contributed by atoms with van der Waals surface area (Å²) in [6.45, 7) is 6.60. The monoisotopic (exact) mass is 381 g/mol. The van der Waals surface area contributed by atoms with Crippen LogP contribution >= 0.6 is 0 Å². The number of rotatable bonds is 4. The molecule has 0 spiro atoms. The smallest absolute Gasteiger partial charge is 0.259 e. The van der Waals surface area contributed by atoms with Crippen molar-refractivity contribution >= 4 is 17.0 Å². The highest BCUT2D eigenvalue weighted by molar-refractivity contribution is 6.06. The van der Waals surface area contributed by atoms with Gasteiger partial charge in [-0.1, -0.05) is 31.1 Å². The fraction of sp³-hybridized carbons (Fsp3) is 0.409. The van der Waals surface area contributed by atoms with Crippen LogP contribution in [0.15, 0.2) is 34.9 Å². The number of likely N-dealkylation sites (tertiary alicyclic amines) is 1. The molecule has 1 aliphatic rings. The number of halogens is 1. The van der Waals surface area contributed by atoms with Crippen molar-refractivity contribution in [2.45, 2.75) is 52.0 Å². The lowest BCUT2D eigenvalue weighted by Crippen LogP contribution is -2.37. The van der Waals surface area contributed by atoms with E-state index in [-0.39, 0.29) is 23.7 Å². The van der Waals surface area contributed by atoms with Gasteiger partial charge < -0.3 is 9.42 Å². The van der Waals surface area contributed by atoms with E-state index >= 15 is 0 Å². The summed E-state index contributed by atoms with van der Waals surface area (Å²) in [5.74, 6) is -0.103. The number of aryl methyl sites for hydroxylation is 1. The molecule has 3 heterocycles. The van der Waals surface area contributed by atoms with Gasteiger partial charge in [0, 0.05) is 18.3 Å². The van der Waals surface area contributed by atoms with Crippen molar-refractivity contribution < 1.29 is 13.7 Å². The Labute approximate surface area is 163 Å². The van der Waals surface area contributed by atoms with Crippen molar-refractivity contribution in [2.75, 3.05) is 6.54 Å². The number of fused-ring (bicyclic) bond motifs is 1. The van der Waals surface area contributed by atoms with Crippen molar-refractivity contribution in [2.24, 2.45) is 0 Å². The molecule has 0 radical (unpaired) electrons. The quantitative estimate of drug-likeness (QED) is 0.660. The third kappa shape index (κ3) is 3.39. The molecule has 1 amide bonds. The van der Waals surface area contributed by atoms with Gasteiger partial charge in [0.15, 0.2) is 0 Å². The van der Waals surface area contributed by atoms with Crippen LogP contribution in [0.25, 0.3) is 11.1 Å². The Morgan fingerprint density at radius 1 is 1.36 bits per heavy atom. The lowest BCUT2D eigenvalue weighted by atomic mass is 10.0. The second-order valence-corrected chi connectivity index (χ2v) is 7.83. The highest BCUT2D eigenvalue weighted by Crippen LogP contribution is 2.29. The van der Waals surface area contributed by atoms with Gasteiger partial charge in [0.1, 0.15) is 5.82 Å². The summed E-state index contributed by atoms with van der Waals surface area (Å²) >= 11 is 0. The molecule has 1 aromatic carbocycles. The molecule has 0 aliphatic carbocycles. The Morgan fingerprint density at radius 2 is 2.18 bits per heavy atom. The molecule has 4 rings (SSSR count). The van der Waals surface area contributed by atoms with E-state index in [1.54, 1.807) is 12.1 Å². The summed E-state index contributed by atoms with van der Waals surface area (Å²) in [6, 6.07) is 8.55. The molecule has 1 saturated heterocycles. The predicted molar refractivity (Wildman–Crippen MR) is 105 cm³/mol. The standard InChI is InChI=1S/C22H24FN3O2/c1-13(2)19-12-18(20-14(3)25-28-21(20)24-19)22(27)26-9-5-8-17(26)11-15-6-4-7-16(23)10-15/h4,6-7,10,12-13,17H,5,8-9,11H2,1-3H3. The first kappa shape index (κ1) is 18.6. The van der Waals surface area contributed by atoms with Crippen LogP contribution in [0.1, 0.15) is 59.9 Å². The molecule has 5 nitrogen and oxygen atoms in total. The zero-order valence-electron chi connectivity index (χ0n) is 16.4. The van der Waals surface area contributed by atoms with Gasteiger partial charge in [-0.25, -0.2) is 9.37 Å². The minimum absolute atomic E-state index is 0.0282. The number of carbonyl (C=O) groups excluding carboxylic acids is 1. The van der Waals surface area contributed by atoms with Gasteiger partial charge in [-0.2, -0.15) is 0 Å². The number of benzene rings is 1. The van der Waals surface area contributed by atoms with E-state index in [0.29, 0.717) is 35.3 Å². The van der Waals surface area contributed by atoms with Gasteiger partial charge in [-0.15, -0.1) is 0 Å². The van der Waals surface area contributed by atoms with Crippen LogP contribution in [0.4, 0.5) is 4.39 Å². The summed E-state index contributed by atoms with van der Waals surface area (Å²) in [5, 5.41) is 4.70. The zero-order valence-corrected chi connectivity index (χ0v) is 16.4. The second-order valence-electron chi connectivity index (χ2n) is 7.83. The number of pyridine rings is 1. The van der Waals surface area contributed by atoms with E-state index in [2.05, 4.69) is 10.1 Å². The lowest BCUT2D eigenvalue weighted by Gasteiger charge is -2.25. The van der Waals surface area contributed by atoms with Crippen LogP contribution in [0, 0.1) is 12.7 Å². The predicted octanol–water partition coefficient (Wildman–Crippen LogP) is 4.64. The molecule has 1 unspecified atom stereocenters. The number of hydrogen-bond acceptors (Lipinski definition) is 4. The summed E-state index contributed by atoms with van der Waals surface area (Å²) in [6.07, 6.45) is 2.51. The number of hydrogen-bond donors (Lipinski definition) is 0. The molecule has 1 fully saturated rings. The maximum atomic E-state index is 13.6. The molecule has 2 aromatic heterocycles. The van der Waals surface area contributed by atoms with E-state index in [9.17, 15) is 9.18 Å². The molecule has 3 aromatic rings. The maximum Gasteiger partial charge on any atom is 0.259 e. The Hall–Kier alpha value is -2.76. The minimum atomic E-state index is -0.245. The molecule has 146 valence electrons. The summed E-state index contributed by atoms with van der Waals surface area (Å²) in [5.41, 5.74) is 3.40. The molecule has 1 aliphatic heterocycles. The average molecular weight is 381 g/mol. The summed E-state index contributed by atoms with van der Waals surface area (Å²) in [7, 11) is 0. The lowest BCUT2D eigenvalue weighted by molar-refractivity contribution is 0.0738. The number of amides is 1. The number of carbonyl (C=O) groups is 1. The average Bonchev–Trinajstić information content (AvgIpc) is 3.27. The van der Waals surface area contributed by atoms with Gasteiger partial charge in [0.05, 0.1) is 16.6 Å². The molecule has 0 bridgehead atoms. The van der Waals surface area contributed by atoms with Gasteiger partial charge in [0.25, 0.3) is 11.6 Å². The maximum absolute atomic E-state index is 13.6. The van der Waals surface area contributed by atoms with Crippen molar-refractivity contribution in [3.63, 3.8) is 0 Å². The molecule has 1 atom stereocenters. The van der Waals surface area contributed by atoms with Gasteiger partial charge >= 0.3 is 0 Å². The molecule has 0 N–H and O–H groups in total. The number of aromatic nitrogens is 2. The largest absolute Gasteiger partial charge is 0.336 e. The number of nitrogens with zero attached hydrogens (tertiary/aromatic N) is 3. The van der Waals surface area contributed by atoms with E-state index in [4.69, 9.17) is 4.52 Å². The first-order valence-electron chi connectivity index (χ1n) is 9.76. The Morgan fingerprint density at radius 3 is 2.93 bits per heavy atom. The van der Waals surface area contributed by atoms with Gasteiger partial charge in [-0.3, -0.25) is 4.79 Å². The van der Waals surface area contributed by atoms with Crippen LogP contribution in [0.3, 0.4) is 0 Å². The Kier molecular flexibility index (Phi) is 4.87. The van der Waals surface area contributed by atoms with Crippen LogP contribution < -0.4 is 0 Å². The van der Waals surface area contributed by atoms with Gasteiger partial charge in [-0.05, 0) is 55.9 Å². The first-order chi connectivity index (χ1) is 13.4. The molecule has 28 heavy (non-hydrogen) atoms. The van der Waals surface area contributed by atoms with Crippen molar-refractivity contribution in [3.05, 3.63) is 58.7 Å². The molecule has 6 heteroatoms. The minimum Gasteiger partial charge on any atom is -0.336 e. The van der Waals surface area contributed by atoms with Crippen LogP contribution in [-0.4, -0.2) is 33.5 Å². The van der Waals surface area contributed by atoms with Crippen LogP contribution in [0.2, 0.25) is 0 Å². The molecule has 0 saturated carbocycles. The van der Waals surface area contributed by atoms with Crippen molar-refractivity contribution in [1.29, 1.82) is 0 Å². The van der Waals surface area contributed by atoms with E-state index in [1.807, 2.05) is 37.8 Å². The van der Waals surface area contributed by atoms with Crippen molar-refractivity contribution in [1.82, 2.24) is 15.0 Å². The SMILES string of the molecule is Cc1noc2nc(C(C)C)cc(C(=O)N3CCCC3Cc3cccc(F)c3)c12. The summed E-state index contributed by atoms with van der Waals surface area (Å²) in [4.78, 5) is 19.9. The normalized spacial score (nSPS) is 17.0. The third-order valence-corrected chi connectivity index (χ3v) is 5.46. The molecular weight excluding hydrogens is 357 g/mol. The molecular formula is C22H24FN3O2.